The number of aliphatic hydroxyl groups excluding tert-OH is 1. The van der Waals surface area contributed by atoms with Crippen LogP contribution in [0.4, 0.5) is 0 Å². The molecular formula is C16H25NO4. The van der Waals surface area contributed by atoms with Gasteiger partial charge < -0.3 is 14.6 Å². The van der Waals surface area contributed by atoms with Crippen molar-refractivity contribution >= 4 is 5.97 Å². The van der Waals surface area contributed by atoms with Gasteiger partial charge >= 0.3 is 5.97 Å². The van der Waals surface area contributed by atoms with Crippen molar-refractivity contribution < 1.29 is 19.4 Å². The molecule has 0 bridgehead atoms. The maximum Gasteiger partial charge on any atom is 0.329 e. The van der Waals surface area contributed by atoms with Crippen molar-refractivity contribution in [3.8, 4) is 5.75 Å². The Morgan fingerprint density at radius 1 is 1.29 bits per heavy atom. The molecule has 0 aliphatic heterocycles. The van der Waals surface area contributed by atoms with Gasteiger partial charge in [-0.2, -0.15) is 0 Å². The van der Waals surface area contributed by atoms with Gasteiger partial charge in [-0.3, -0.25) is 5.32 Å². The van der Waals surface area contributed by atoms with E-state index in [9.17, 15) is 4.79 Å². The first kappa shape index (κ1) is 17.5. The molecule has 21 heavy (non-hydrogen) atoms. The standard InChI is InChI=1S/C16H25NO4/c1-4-10-17-16(3,15(19)20-5-2)12-21-14-8-6-13(11-18)7-9-14/h6-9,17-18H,4-5,10-12H2,1-3H3. The quantitative estimate of drug-likeness (QED) is 0.681. The second kappa shape index (κ2) is 8.64. The van der Waals surface area contributed by atoms with E-state index in [0.717, 1.165) is 12.0 Å². The monoisotopic (exact) mass is 295 g/mol. The molecule has 0 aromatic heterocycles. The van der Waals surface area contributed by atoms with Gasteiger partial charge in [-0.15, -0.1) is 0 Å². The minimum Gasteiger partial charge on any atom is -0.491 e. The van der Waals surface area contributed by atoms with Crippen LogP contribution in [0.1, 0.15) is 32.8 Å². The lowest BCUT2D eigenvalue weighted by Gasteiger charge is -2.28. The number of hydrogen-bond donors (Lipinski definition) is 2. The fraction of sp³-hybridized carbons (Fsp3) is 0.562. The van der Waals surface area contributed by atoms with Crippen molar-refractivity contribution in [3.05, 3.63) is 29.8 Å². The molecule has 5 nitrogen and oxygen atoms in total. The van der Waals surface area contributed by atoms with Crippen LogP contribution in [0.2, 0.25) is 0 Å². The molecule has 0 aliphatic carbocycles. The van der Waals surface area contributed by atoms with Crippen molar-refractivity contribution in [2.45, 2.75) is 39.3 Å². The Hall–Kier alpha value is -1.59. The van der Waals surface area contributed by atoms with Crippen molar-refractivity contribution in [3.63, 3.8) is 0 Å². The number of benzene rings is 1. The third-order valence-corrected chi connectivity index (χ3v) is 3.12. The SMILES string of the molecule is CCCNC(C)(COc1ccc(CO)cc1)C(=O)OCC. The van der Waals surface area contributed by atoms with E-state index in [4.69, 9.17) is 14.6 Å². The maximum atomic E-state index is 12.1. The summed E-state index contributed by atoms with van der Waals surface area (Å²) in [5.41, 5.74) is -0.0543. The molecular weight excluding hydrogens is 270 g/mol. The van der Waals surface area contributed by atoms with Crippen molar-refractivity contribution in [1.82, 2.24) is 5.32 Å². The van der Waals surface area contributed by atoms with Crippen LogP contribution in [-0.4, -0.2) is 36.4 Å². The average Bonchev–Trinajstić information content (AvgIpc) is 2.51. The lowest BCUT2D eigenvalue weighted by molar-refractivity contribution is -0.151. The van der Waals surface area contributed by atoms with Crippen molar-refractivity contribution in [2.24, 2.45) is 0 Å². The summed E-state index contributed by atoms with van der Waals surface area (Å²) < 4.78 is 10.8. The molecule has 0 amide bonds. The summed E-state index contributed by atoms with van der Waals surface area (Å²) in [7, 11) is 0. The number of esters is 1. The van der Waals surface area contributed by atoms with Crippen LogP contribution in [0.5, 0.6) is 5.75 Å². The third-order valence-electron chi connectivity index (χ3n) is 3.12. The molecule has 0 aliphatic rings. The van der Waals surface area contributed by atoms with E-state index in [1.54, 1.807) is 38.1 Å². The highest BCUT2D eigenvalue weighted by Gasteiger charge is 2.35. The van der Waals surface area contributed by atoms with Crippen molar-refractivity contribution in [1.29, 1.82) is 0 Å². The fourth-order valence-corrected chi connectivity index (χ4v) is 1.79. The zero-order valence-corrected chi connectivity index (χ0v) is 13.0. The molecule has 1 unspecified atom stereocenters. The Labute approximate surface area is 126 Å². The minimum atomic E-state index is -0.873. The van der Waals surface area contributed by atoms with Crippen LogP contribution < -0.4 is 10.1 Å². The fourth-order valence-electron chi connectivity index (χ4n) is 1.79. The van der Waals surface area contributed by atoms with Gasteiger partial charge in [0.1, 0.15) is 17.9 Å². The predicted molar refractivity (Wildman–Crippen MR) is 81.2 cm³/mol. The summed E-state index contributed by atoms with van der Waals surface area (Å²) in [5, 5.41) is 12.2. The number of ether oxygens (including phenoxy) is 2. The molecule has 0 heterocycles. The van der Waals surface area contributed by atoms with Gasteiger partial charge in [0.05, 0.1) is 13.2 Å². The Bertz CT molecular complexity index is 432. The maximum absolute atomic E-state index is 12.1. The summed E-state index contributed by atoms with van der Waals surface area (Å²) in [6, 6.07) is 7.13. The first-order valence-electron chi connectivity index (χ1n) is 7.30. The molecule has 0 spiro atoms. The molecule has 0 fully saturated rings. The number of carbonyl (C=O) groups excluding carboxylic acids is 1. The predicted octanol–water partition coefficient (Wildman–Crippen LogP) is 1.88. The highest BCUT2D eigenvalue weighted by molar-refractivity contribution is 5.80. The Morgan fingerprint density at radius 2 is 1.95 bits per heavy atom. The van der Waals surface area contributed by atoms with E-state index in [1.807, 2.05) is 6.92 Å². The van der Waals surface area contributed by atoms with Gasteiger partial charge in [-0.1, -0.05) is 19.1 Å². The summed E-state index contributed by atoms with van der Waals surface area (Å²) >= 11 is 0. The molecule has 1 aromatic carbocycles. The molecule has 118 valence electrons. The summed E-state index contributed by atoms with van der Waals surface area (Å²) in [6.45, 7) is 6.83. The van der Waals surface area contributed by atoms with Crippen LogP contribution in [0, 0.1) is 0 Å². The Kier molecular flexibility index (Phi) is 7.19. The molecule has 0 saturated carbocycles. The average molecular weight is 295 g/mol. The van der Waals surface area contributed by atoms with Crippen molar-refractivity contribution in [2.75, 3.05) is 19.8 Å². The summed E-state index contributed by atoms with van der Waals surface area (Å²) in [5.74, 6) is 0.339. The van der Waals surface area contributed by atoms with Gasteiger partial charge in [0, 0.05) is 0 Å². The summed E-state index contributed by atoms with van der Waals surface area (Å²) in [6.07, 6.45) is 0.917. The molecule has 2 N–H and O–H groups in total. The van der Waals surface area contributed by atoms with Crippen LogP contribution in [0.25, 0.3) is 0 Å². The van der Waals surface area contributed by atoms with Gasteiger partial charge in [0.25, 0.3) is 0 Å². The largest absolute Gasteiger partial charge is 0.491 e. The highest BCUT2D eigenvalue weighted by atomic mass is 16.5. The van der Waals surface area contributed by atoms with E-state index in [1.165, 1.54) is 0 Å². The van der Waals surface area contributed by atoms with Crippen LogP contribution in [-0.2, 0) is 16.1 Å². The van der Waals surface area contributed by atoms with E-state index in [2.05, 4.69) is 5.32 Å². The van der Waals surface area contributed by atoms with E-state index in [-0.39, 0.29) is 19.2 Å². The number of rotatable bonds is 9. The van der Waals surface area contributed by atoms with E-state index < -0.39 is 5.54 Å². The number of carbonyl (C=O) groups is 1. The highest BCUT2D eigenvalue weighted by Crippen LogP contribution is 2.15. The molecule has 0 radical (unpaired) electrons. The lowest BCUT2D eigenvalue weighted by Crippen LogP contribution is -2.55. The Morgan fingerprint density at radius 3 is 2.48 bits per heavy atom. The lowest BCUT2D eigenvalue weighted by atomic mass is 10.0. The normalized spacial score (nSPS) is 13.5. The molecule has 1 rings (SSSR count). The second-order valence-corrected chi connectivity index (χ2v) is 5.07. The topological polar surface area (TPSA) is 67.8 Å². The van der Waals surface area contributed by atoms with E-state index >= 15 is 0 Å². The van der Waals surface area contributed by atoms with Gasteiger partial charge in [-0.25, -0.2) is 4.79 Å². The van der Waals surface area contributed by atoms with E-state index in [0.29, 0.717) is 18.9 Å². The Balaban J connectivity index is 2.68. The number of hydrogen-bond acceptors (Lipinski definition) is 5. The zero-order valence-electron chi connectivity index (χ0n) is 13.0. The van der Waals surface area contributed by atoms with Gasteiger partial charge in [0.2, 0.25) is 0 Å². The number of aliphatic hydroxyl groups is 1. The minimum absolute atomic E-state index is 0.00111. The zero-order chi connectivity index (χ0) is 15.7. The summed E-state index contributed by atoms with van der Waals surface area (Å²) in [4.78, 5) is 12.1. The number of nitrogens with one attached hydrogen (secondary N) is 1. The molecule has 5 heteroatoms. The van der Waals surface area contributed by atoms with Crippen LogP contribution >= 0.6 is 0 Å². The molecule has 1 atom stereocenters. The van der Waals surface area contributed by atoms with Crippen LogP contribution in [0.3, 0.4) is 0 Å². The van der Waals surface area contributed by atoms with Gasteiger partial charge in [-0.05, 0) is 44.5 Å². The first-order chi connectivity index (χ1) is 10.1. The molecule has 0 saturated heterocycles. The molecule has 1 aromatic rings. The third kappa shape index (κ3) is 5.36. The smallest absolute Gasteiger partial charge is 0.329 e. The first-order valence-corrected chi connectivity index (χ1v) is 7.30. The van der Waals surface area contributed by atoms with Crippen LogP contribution in [0.15, 0.2) is 24.3 Å². The van der Waals surface area contributed by atoms with Gasteiger partial charge in [0.15, 0.2) is 0 Å². The second-order valence-electron chi connectivity index (χ2n) is 5.07.